The summed E-state index contributed by atoms with van der Waals surface area (Å²) in [4.78, 5) is 6.65. The van der Waals surface area contributed by atoms with Crippen molar-refractivity contribution in [2.24, 2.45) is 0 Å². The van der Waals surface area contributed by atoms with Crippen LogP contribution in [0.15, 0.2) is 255 Å². The molecular formula is C70H54Cl3N3O4. The van der Waals surface area contributed by atoms with Crippen LogP contribution >= 0.6 is 34.8 Å². The summed E-state index contributed by atoms with van der Waals surface area (Å²) in [6.45, 7) is 8.45. The molecule has 11 rings (SSSR count). The Kier molecular flexibility index (Phi) is 15.8. The molecule has 7 nitrogen and oxygen atoms in total. The van der Waals surface area contributed by atoms with Crippen LogP contribution in [0.3, 0.4) is 0 Å². The van der Waals surface area contributed by atoms with E-state index in [0.29, 0.717) is 78.1 Å². The molecule has 0 bridgehead atoms. The summed E-state index contributed by atoms with van der Waals surface area (Å²) < 4.78 is 26.3. The third kappa shape index (κ3) is 11.4. The van der Waals surface area contributed by atoms with Crippen molar-refractivity contribution in [3.8, 4) is 46.0 Å². The lowest BCUT2D eigenvalue weighted by Crippen LogP contribution is -2.19. The lowest BCUT2D eigenvalue weighted by molar-refractivity contribution is 0.460. The van der Waals surface area contributed by atoms with Gasteiger partial charge < -0.3 is 33.6 Å². The summed E-state index contributed by atoms with van der Waals surface area (Å²) in [6.07, 6.45) is 0. The number of rotatable bonds is 17. The van der Waals surface area contributed by atoms with Gasteiger partial charge in [-0.25, -0.2) is 0 Å². The van der Waals surface area contributed by atoms with Crippen molar-refractivity contribution in [1.29, 1.82) is 0 Å². The van der Waals surface area contributed by atoms with E-state index >= 15 is 0 Å². The zero-order valence-electron chi connectivity index (χ0n) is 44.4. The molecule has 0 unspecified atom stereocenters. The largest absolute Gasteiger partial charge is 0.456 e. The Balaban J connectivity index is 1.18. The number of aryl methyl sites for hydroxylation is 4. The van der Waals surface area contributed by atoms with Gasteiger partial charge in [0.15, 0.2) is 11.5 Å². The van der Waals surface area contributed by atoms with Gasteiger partial charge in [-0.1, -0.05) is 174 Å². The highest BCUT2D eigenvalue weighted by molar-refractivity contribution is 6.37. The van der Waals surface area contributed by atoms with Crippen LogP contribution < -0.4 is 33.6 Å². The van der Waals surface area contributed by atoms with Crippen LogP contribution in [0.25, 0.3) is 0 Å². The fourth-order valence-electron chi connectivity index (χ4n) is 9.87. The SMILES string of the molecule is Cc1cccc(C)c1N(c1cccc(Oc2cccc(Oc3ccccc3)c2Cl)c1)c1cc(N(c2ccccc2)c2ccccc2)cc(N(c2cc(Oc3ccccc3)c(Cl)c(Oc3ccccc3)c2)c2c(C)cccc2C)c1Cl. The minimum Gasteiger partial charge on any atom is -0.456 e. The summed E-state index contributed by atoms with van der Waals surface area (Å²) in [6, 6.07) is 83.6. The Morgan fingerprint density at radius 1 is 0.250 bits per heavy atom. The van der Waals surface area contributed by atoms with Crippen molar-refractivity contribution in [2.45, 2.75) is 27.7 Å². The Bertz CT molecular complexity index is 3800. The van der Waals surface area contributed by atoms with Gasteiger partial charge in [0, 0.05) is 35.3 Å². The summed E-state index contributed by atoms with van der Waals surface area (Å²) in [5.41, 5.74) is 11.3. The molecule has 0 aromatic heterocycles. The molecule has 10 heteroatoms. The average Bonchev–Trinajstić information content (AvgIpc) is 3.50. The predicted molar refractivity (Wildman–Crippen MR) is 331 cm³/mol. The molecule has 0 saturated carbocycles. The number of ether oxygens (including phenoxy) is 4. The van der Waals surface area contributed by atoms with Crippen LogP contribution in [0.2, 0.25) is 15.1 Å². The quantitative estimate of drug-likeness (QED) is 0.0900. The van der Waals surface area contributed by atoms with Crippen molar-refractivity contribution in [2.75, 3.05) is 14.7 Å². The molecule has 0 fully saturated rings. The van der Waals surface area contributed by atoms with Gasteiger partial charge >= 0.3 is 0 Å². The first kappa shape index (κ1) is 52.9. The van der Waals surface area contributed by atoms with E-state index in [0.717, 1.165) is 56.4 Å². The minimum absolute atomic E-state index is 0.294. The number of benzene rings is 11. The number of halogens is 3. The summed E-state index contributed by atoms with van der Waals surface area (Å²) >= 11 is 22.8. The van der Waals surface area contributed by atoms with Gasteiger partial charge in [0.05, 0.1) is 39.1 Å². The van der Waals surface area contributed by atoms with Crippen LogP contribution in [0, 0.1) is 27.7 Å². The van der Waals surface area contributed by atoms with Crippen molar-refractivity contribution in [1.82, 2.24) is 0 Å². The molecule has 0 heterocycles. The van der Waals surface area contributed by atoms with Gasteiger partial charge in [0.25, 0.3) is 0 Å². The normalized spacial score (nSPS) is 10.9. The van der Waals surface area contributed by atoms with Crippen LogP contribution in [-0.2, 0) is 0 Å². The van der Waals surface area contributed by atoms with Gasteiger partial charge in [-0.2, -0.15) is 0 Å². The van der Waals surface area contributed by atoms with E-state index in [1.165, 1.54) is 0 Å². The molecule has 0 amide bonds. The minimum atomic E-state index is 0.294. The number of hydrogen-bond acceptors (Lipinski definition) is 7. The highest BCUT2D eigenvalue weighted by atomic mass is 35.5. The summed E-state index contributed by atoms with van der Waals surface area (Å²) in [5, 5.41) is 1.06. The van der Waals surface area contributed by atoms with Gasteiger partial charge in [0.2, 0.25) is 0 Å². The van der Waals surface area contributed by atoms with Crippen LogP contribution in [0.4, 0.5) is 51.2 Å². The third-order valence-corrected chi connectivity index (χ3v) is 14.6. The Morgan fingerprint density at radius 3 is 1.00 bits per heavy atom. The molecule has 0 atom stereocenters. The van der Waals surface area contributed by atoms with Gasteiger partial charge in [-0.05, 0) is 147 Å². The Labute approximate surface area is 482 Å². The van der Waals surface area contributed by atoms with Crippen molar-refractivity contribution < 1.29 is 18.9 Å². The van der Waals surface area contributed by atoms with E-state index < -0.39 is 0 Å². The van der Waals surface area contributed by atoms with Crippen molar-refractivity contribution in [3.63, 3.8) is 0 Å². The molecular weight excluding hydrogens is 1050 g/mol. The van der Waals surface area contributed by atoms with E-state index in [4.69, 9.17) is 53.8 Å². The smallest absolute Gasteiger partial charge is 0.151 e. The van der Waals surface area contributed by atoms with E-state index in [-0.39, 0.29) is 0 Å². The van der Waals surface area contributed by atoms with Crippen LogP contribution in [-0.4, -0.2) is 0 Å². The average molecular weight is 1110 g/mol. The second-order valence-corrected chi connectivity index (χ2v) is 20.3. The van der Waals surface area contributed by atoms with Crippen molar-refractivity contribution in [3.05, 3.63) is 292 Å². The fourth-order valence-corrected chi connectivity index (χ4v) is 10.5. The summed E-state index contributed by atoms with van der Waals surface area (Å²) in [7, 11) is 0. The molecule has 0 aliphatic carbocycles. The molecule has 11 aromatic carbocycles. The number of anilines is 9. The molecule has 0 saturated heterocycles. The Hall–Kier alpha value is -9.11. The predicted octanol–water partition coefficient (Wildman–Crippen LogP) is 22.5. The second kappa shape index (κ2) is 23.9. The van der Waals surface area contributed by atoms with E-state index in [2.05, 4.69) is 121 Å². The highest BCUT2D eigenvalue weighted by Crippen LogP contribution is 2.55. The molecule has 0 aliphatic rings. The molecule has 0 radical (unpaired) electrons. The topological polar surface area (TPSA) is 46.6 Å². The van der Waals surface area contributed by atoms with Crippen molar-refractivity contribution >= 4 is 86.0 Å². The maximum Gasteiger partial charge on any atom is 0.151 e. The van der Waals surface area contributed by atoms with E-state index in [1.54, 1.807) is 0 Å². The molecule has 0 spiro atoms. The third-order valence-electron chi connectivity index (χ3n) is 13.5. The Morgan fingerprint density at radius 2 is 0.562 bits per heavy atom. The van der Waals surface area contributed by atoms with E-state index in [9.17, 15) is 0 Å². The molecule has 80 heavy (non-hydrogen) atoms. The van der Waals surface area contributed by atoms with Crippen LogP contribution in [0.5, 0.6) is 46.0 Å². The first-order valence-corrected chi connectivity index (χ1v) is 27.3. The maximum atomic E-state index is 8.37. The maximum absolute atomic E-state index is 8.37. The first-order chi connectivity index (χ1) is 39.1. The molecule has 0 aliphatic heterocycles. The zero-order valence-corrected chi connectivity index (χ0v) is 46.6. The highest BCUT2D eigenvalue weighted by Gasteiger charge is 2.30. The van der Waals surface area contributed by atoms with E-state index in [1.807, 2.05) is 176 Å². The first-order valence-electron chi connectivity index (χ1n) is 26.1. The molecule has 11 aromatic rings. The van der Waals surface area contributed by atoms with Gasteiger partial charge in [0.1, 0.15) is 44.5 Å². The van der Waals surface area contributed by atoms with Gasteiger partial charge in [-0.15, -0.1) is 0 Å². The monoisotopic (exact) mass is 1110 g/mol. The second-order valence-electron chi connectivity index (χ2n) is 19.1. The standard InChI is InChI=1S/C70H54Cl3N3O4/c1-47-24-20-25-48(2)69(47)75(53-32-22-39-59(42-53)80-63-41-23-40-62(67(63)72)77-56-33-14-7-15-34-56)60-43-54(74(51-28-10-5-11-29-51)52-30-12-6-13-31-52)44-61(66(60)71)76(70-49(3)26-21-27-50(70)4)55-45-64(78-57-35-16-8-17-36-57)68(73)65(46-55)79-58-37-18-9-19-38-58/h5-46H,1-4H3. The lowest BCUT2D eigenvalue weighted by atomic mass is 10.0. The number of para-hydroxylation sites is 7. The number of nitrogens with zero attached hydrogens (tertiary/aromatic N) is 3. The van der Waals surface area contributed by atoms with Crippen LogP contribution in [0.1, 0.15) is 22.3 Å². The lowest BCUT2D eigenvalue weighted by Gasteiger charge is -2.36. The number of hydrogen-bond donors (Lipinski definition) is 0. The zero-order chi connectivity index (χ0) is 55.1. The van der Waals surface area contributed by atoms with Gasteiger partial charge in [-0.3, -0.25) is 0 Å². The molecule has 0 N–H and O–H groups in total. The fraction of sp³-hybridized carbons (Fsp3) is 0.0571. The summed E-state index contributed by atoms with van der Waals surface area (Å²) in [5.74, 6) is 4.05. The molecule has 394 valence electrons.